The summed E-state index contributed by atoms with van der Waals surface area (Å²) < 4.78 is 8.06. The molecule has 162 valence electrons. The second-order valence-electron chi connectivity index (χ2n) is 8.84. The minimum Gasteiger partial charge on any atom is -0.377 e. The monoisotopic (exact) mass is 521 g/mol. The lowest BCUT2D eigenvalue weighted by atomic mass is 9.54. The highest BCUT2D eigenvalue weighted by molar-refractivity contribution is 14.0. The molecule has 3 atom stereocenters. The maximum absolute atomic E-state index is 6.13. The average Bonchev–Trinajstić information content (AvgIpc) is 3.49. The Hall–Kier alpha value is -1.61. The molecule has 0 radical (unpaired) electrons. The van der Waals surface area contributed by atoms with E-state index in [2.05, 4.69) is 45.7 Å². The van der Waals surface area contributed by atoms with Gasteiger partial charge in [0.1, 0.15) is 0 Å². The molecule has 1 spiro atoms. The van der Waals surface area contributed by atoms with Crippen LogP contribution in [-0.4, -0.2) is 53.5 Å². The largest absolute Gasteiger partial charge is 0.377 e. The number of nitrogens with one attached hydrogen (secondary N) is 1. The van der Waals surface area contributed by atoms with E-state index < -0.39 is 0 Å². The first-order valence-electron chi connectivity index (χ1n) is 10.9. The lowest BCUT2D eigenvalue weighted by molar-refractivity contribution is -0.125. The predicted octanol–water partition coefficient (Wildman–Crippen LogP) is 3.85. The zero-order valence-corrected chi connectivity index (χ0v) is 20.2. The number of ether oxygens (including phenoxy) is 1. The van der Waals surface area contributed by atoms with Crippen molar-refractivity contribution < 1.29 is 4.74 Å². The first kappa shape index (κ1) is 21.6. The number of rotatable bonds is 4. The van der Waals surface area contributed by atoms with E-state index in [0.717, 1.165) is 24.8 Å². The molecule has 30 heavy (non-hydrogen) atoms. The minimum atomic E-state index is 0. The molecule has 3 unspecified atom stereocenters. The van der Waals surface area contributed by atoms with Gasteiger partial charge in [-0.15, -0.1) is 24.0 Å². The number of benzene rings is 1. The average molecular weight is 521 g/mol. The van der Waals surface area contributed by atoms with Crippen molar-refractivity contribution in [2.45, 2.75) is 50.8 Å². The van der Waals surface area contributed by atoms with Gasteiger partial charge >= 0.3 is 0 Å². The minimum absolute atomic E-state index is 0. The zero-order chi connectivity index (χ0) is 19.8. The van der Waals surface area contributed by atoms with Crippen LogP contribution in [0.15, 0.2) is 47.7 Å². The van der Waals surface area contributed by atoms with Gasteiger partial charge in [-0.2, -0.15) is 5.10 Å². The summed E-state index contributed by atoms with van der Waals surface area (Å²) in [5, 5.41) is 8.36. The van der Waals surface area contributed by atoms with Crippen molar-refractivity contribution in [3.05, 3.63) is 48.3 Å². The molecule has 7 heteroatoms. The zero-order valence-electron chi connectivity index (χ0n) is 17.8. The molecule has 1 aliphatic heterocycles. The Balaban J connectivity index is 0.00000218. The van der Waals surface area contributed by atoms with Crippen LogP contribution in [0.1, 0.15) is 37.7 Å². The van der Waals surface area contributed by atoms with Crippen molar-refractivity contribution in [3.63, 3.8) is 0 Å². The number of guanidine groups is 1. The standard InChI is InChI=1S/C23H31N5O.HI/c1-24-22(26-20-19-10-13-29-21(19)23(20)11-6-7-12-23)27(2)15-17-14-25-28(16-17)18-8-4-3-5-9-18;/h3-5,8-9,14,16,19-21H,6-7,10-13,15H2,1-2H3,(H,24,26);1H. The Kier molecular flexibility index (Phi) is 6.39. The summed E-state index contributed by atoms with van der Waals surface area (Å²) >= 11 is 0. The quantitative estimate of drug-likeness (QED) is 0.378. The Morgan fingerprint density at radius 3 is 2.80 bits per heavy atom. The van der Waals surface area contributed by atoms with Gasteiger partial charge in [0.2, 0.25) is 0 Å². The SMILES string of the molecule is CN=C(NC1C2CCOC2C12CCCC2)N(C)Cc1cnn(-c2ccccc2)c1.I. The van der Waals surface area contributed by atoms with E-state index in [1.54, 1.807) is 0 Å². The third-order valence-corrected chi connectivity index (χ3v) is 7.22. The van der Waals surface area contributed by atoms with E-state index in [9.17, 15) is 0 Å². The summed E-state index contributed by atoms with van der Waals surface area (Å²) in [7, 11) is 3.99. The molecular weight excluding hydrogens is 489 g/mol. The van der Waals surface area contributed by atoms with Crippen LogP contribution in [0, 0.1) is 11.3 Å². The second kappa shape index (κ2) is 8.86. The van der Waals surface area contributed by atoms with E-state index in [4.69, 9.17) is 4.74 Å². The van der Waals surface area contributed by atoms with Gasteiger partial charge in [0.05, 0.1) is 18.0 Å². The van der Waals surface area contributed by atoms with Crippen LogP contribution in [0.4, 0.5) is 0 Å². The lowest BCUT2D eigenvalue weighted by Gasteiger charge is -2.57. The molecule has 1 aromatic heterocycles. The van der Waals surface area contributed by atoms with Crippen LogP contribution in [-0.2, 0) is 11.3 Å². The molecule has 2 heterocycles. The lowest BCUT2D eigenvalue weighted by Crippen LogP contribution is -2.69. The molecule has 3 fully saturated rings. The number of nitrogens with zero attached hydrogens (tertiary/aromatic N) is 4. The molecule has 1 aromatic carbocycles. The van der Waals surface area contributed by atoms with Crippen LogP contribution >= 0.6 is 24.0 Å². The number of para-hydroxylation sites is 1. The Morgan fingerprint density at radius 1 is 1.30 bits per heavy atom. The number of hydrogen-bond donors (Lipinski definition) is 1. The van der Waals surface area contributed by atoms with Crippen molar-refractivity contribution in [2.24, 2.45) is 16.3 Å². The van der Waals surface area contributed by atoms with Crippen LogP contribution in [0.2, 0.25) is 0 Å². The van der Waals surface area contributed by atoms with Crippen molar-refractivity contribution in [2.75, 3.05) is 20.7 Å². The van der Waals surface area contributed by atoms with Crippen LogP contribution in [0.25, 0.3) is 5.69 Å². The van der Waals surface area contributed by atoms with Crippen molar-refractivity contribution in [3.8, 4) is 5.69 Å². The molecule has 0 amide bonds. The third kappa shape index (κ3) is 3.64. The molecule has 3 aliphatic rings. The van der Waals surface area contributed by atoms with Gasteiger partial charge in [-0.25, -0.2) is 4.68 Å². The van der Waals surface area contributed by atoms with Gasteiger partial charge in [0.25, 0.3) is 0 Å². The van der Waals surface area contributed by atoms with Crippen molar-refractivity contribution in [1.29, 1.82) is 0 Å². The summed E-state index contributed by atoms with van der Waals surface area (Å²) in [4.78, 5) is 6.81. The van der Waals surface area contributed by atoms with E-state index in [0.29, 0.717) is 23.5 Å². The van der Waals surface area contributed by atoms with Gasteiger partial charge in [-0.05, 0) is 31.4 Å². The molecule has 1 saturated heterocycles. The smallest absolute Gasteiger partial charge is 0.193 e. The summed E-state index contributed by atoms with van der Waals surface area (Å²) in [5.41, 5.74) is 2.58. The Morgan fingerprint density at radius 2 is 2.07 bits per heavy atom. The number of hydrogen-bond acceptors (Lipinski definition) is 3. The van der Waals surface area contributed by atoms with E-state index in [1.807, 2.05) is 36.1 Å². The summed E-state index contributed by atoms with van der Waals surface area (Å²) in [6.07, 6.45) is 10.9. The predicted molar refractivity (Wildman–Crippen MR) is 129 cm³/mol. The van der Waals surface area contributed by atoms with Gasteiger partial charge in [-0.3, -0.25) is 4.99 Å². The normalized spacial score (nSPS) is 26.7. The summed E-state index contributed by atoms with van der Waals surface area (Å²) in [5.74, 6) is 1.61. The molecule has 0 bridgehead atoms. The number of halogens is 1. The summed E-state index contributed by atoms with van der Waals surface area (Å²) in [6.45, 7) is 1.69. The van der Waals surface area contributed by atoms with E-state index in [-0.39, 0.29) is 24.0 Å². The maximum Gasteiger partial charge on any atom is 0.193 e. The first-order valence-corrected chi connectivity index (χ1v) is 10.9. The van der Waals surface area contributed by atoms with Crippen LogP contribution < -0.4 is 5.32 Å². The maximum atomic E-state index is 6.13. The van der Waals surface area contributed by atoms with Gasteiger partial charge in [0.15, 0.2) is 5.96 Å². The number of fused-ring (bicyclic) bond motifs is 2. The van der Waals surface area contributed by atoms with Crippen LogP contribution in [0.5, 0.6) is 0 Å². The second-order valence-corrected chi connectivity index (χ2v) is 8.84. The number of aliphatic imine (C=N–C) groups is 1. The van der Waals surface area contributed by atoms with Crippen molar-refractivity contribution >= 4 is 29.9 Å². The molecule has 2 aromatic rings. The Labute approximate surface area is 196 Å². The topological polar surface area (TPSA) is 54.7 Å². The van der Waals surface area contributed by atoms with Gasteiger partial charge in [0, 0.05) is 56.4 Å². The van der Waals surface area contributed by atoms with Gasteiger partial charge < -0.3 is 15.0 Å². The Bertz CT molecular complexity index is 877. The fourth-order valence-corrected chi connectivity index (χ4v) is 5.90. The highest BCUT2D eigenvalue weighted by Gasteiger charge is 2.65. The molecule has 1 N–H and O–H groups in total. The van der Waals surface area contributed by atoms with Gasteiger partial charge in [-0.1, -0.05) is 31.0 Å². The fourth-order valence-electron chi connectivity index (χ4n) is 5.90. The van der Waals surface area contributed by atoms with E-state index >= 15 is 0 Å². The highest BCUT2D eigenvalue weighted by Crippen LogP contribution is 2.60. The highest BCUT2D eigenvalue weighted by atomic mass is 127. The molecule has 2 aliphatic carbocycles. The van der Waals surface area contributed by atoms with E-state index in [1.165, 1.54) is 37.7 Å². The molecule has 5 rings (SSSR count). The first-order chi connectivity index (χ1) is 14.2. The van der Waals surface area contributed by atoms with Crippen molar-refractivity contribution in [1.82, 2.24) is 20.0 Å². The third-order valence-electron chi connectivity index (χ3n) is 7.22. The number of aromatic nitrogens is 2. The molecule has 2 saturated carbocycles. The molecular formula is C23H32IN5O. The summed E-state index contributed by atoms with van der Waals surface area (Å²) in [6, 6.07) is 10.7. The fraction of sp³-hybridized carbons (Fsp3) is 0.565. The van der Waals surface area contributed by atoms with Crippen LogP contribution in [0.3, 0.4) is 0 Å². The molecule has 6 nitrogen and oxygen atoms in total.